The van der Waals surface area contributed by atoms with Crippen molar-refractivity contribution >= 4 is 11.7 Å². The number of hydrogen-bond acceptors (Lipinski definition) is 4. The third-order valence-corrected chi connectivity index (χ3v) is 1.86. The molecule has 5 heteroatoms. The molecule has 0 atom stereocenters. The summed E-state index contributed by atoms with van der Waals surface area (Å²) in [5, 5.41) is 21.0. The number of rotatable bonds is 5. The molecule has 0 bridgehead atoms. The Morgan fingerprint density at radius 2 is 2.27 bits per heavy atom. The normalized spacial score (nSPS) is 9.93. The lowest BCUT2D eigenvalue weighted by atomic mass is 10.2. The molecule has 82 valence electrons. The number of ether oxygens (including phenoxy) is 1. The number of benzene rings is 1. The molecule has 0 heterocycles. The van der Waals surface area contributed by atoms with Crippen molar-refractivity contribution in [3.05, 3.63) is 23.8 Å². The van der Waals surface area contributed by atoms with Crippen LogP contribution in [0, 0.1) is 0 Å². The molecule has 5 nitrogen and oxygen atoms in total. The van der Waals surface area contributed by atoms with Crippen LogP contribution in [0.1, 0.15) is 10.4 Å². The van der Waals surface area contributed by atoms with E-state index in [1.807, 2.05) is 0 Å². The highest BCUT2D eigenvalue weighted by atomic mass is 16.5. The Morgan fingerprint density at radius 1 is 1.53 bits per heavy atom. The number of nitrogens with one attached hydrogen (secondary N) is 1. The molecular formula is C10H13NO4. The van der Waals surface area contributed by atoms with E-state index in [1.54, 1.807) is 13.2 Å². The predicted molar refractivity (Wildman–Crippen MR) is 55.4 cm³/mol. The van der Waals surface area contributed by atoms with Gasteiger partial charge < -0.3 is 20.3 Å². The predicted octanol–water partition coefficient (Wildman–Crippen LogP) is 1.15. The van der Waals surface area contributed by atoms with Crippen molar-refractivity contribution in [1.82, 2.24) is 0 Å². The molecule has 1 rings (SSSR count). The Labute approximate surface area is 87.3 Å². The molecular weight excluding hydrogens is 198 g/mol. The van der Waals surface area contributed by atoms with Crippen LogP contribution in [0.15, 0.2) is 18.2 Å². The fourth-order valence-electron chi connectivity index (χ4n) is 1.12. The summed E-state index contributed by atoms with van der Waals surface area (Å²) in [5.41, 5.74) is 0.557. The highest BCUT2D eigenvalue weighted by Crippen LogP contribution is 2.21. The molecule has 0 saturated heterocycles. The van der Waals surface area contributed by atoms with E-state index in [9.17, 15) is 9.90 Å². The van der Waals surface area contributed by atoms with Crippen LogP contribution in [0.4, 0.5) is 5.69 Å². The van der Waals surface area contributed by atoms with Gasteiger partial charge in [-0.15, -0.1) is 0 Å². The molecule has 0 aliphatic rings. The zero-order valence-electron chi connectivity index (χ0n) is 8.36. The first-order valence-electron chi connectivity index (χ1n) is 4.44. The molecule has 3 N–H and O–H groups in total. The van der Waals surface area contributed by atoms with Crippen LogP contribution in [0.5, 0.6) is 5.75 Å². The quantitative estimate of drug-likeness (QED) is 0.637. The third-order valence-electron chi connectivity index (χ3n) is 1.86. The SMILES string of the molecule is COCCNc1ccc(C(=O)O)c(O)c1. The van der Waals surface area contributed by atoms with Crippen molar-refractivity contribution in [2.75, 3.05) is 25.6 Å². The maximum Gasteiger partial charge on any atom is 0.339 e. The van der Waals surface area contributed by atoms with Gasteiger partial charge in [-0.1, -0.05) is 0 Å². The van der Waals surface area contributed by atoms with Gasteiger partial charge in [0.25, 0.3) is 0 Å². The summed E-state index contributed by atoms with van der Waals surface area (Å²) in [4.78, 5) is 10.6. The van der Waals surface area contributed by atoms with Gasteiger partial charge in [0.15, 0.2) is 0 Å². The number of anilines is 1. The fraction of sp³-hybridized carbons (Fsp3) is 0.300. The zero-order valence-corrected chi connectivity index (χ0v) is 8.36. The van der Waals surface area contributed by atoms with E-state index < -0.39 is 5.97 Å². The molecule has 0 fully saturated rings. The first kappa shape index (κ1) is 11.3. The number of phenols is 1. The molecule has 0 unspecified atom stereocenters. The summed E-state index contributed by atoms with van der Waals surface area (Å²) >= 11 is 0. The highest BCUT2D eigenvalue weighted by molar-refractivity contribution is 5.91. The Balaban J connectivity index is 2.69. The number of carbonyl (C=O) groups is 1. The second-order valence-corrected chi connectivity index (χ2v) is 2.96. The number of carboxylic acid groups (broad SMARTS) is 1. The van der Waals surface area contributed by atoms with Gasteiger partial charge in [-0.05, 0) is 12.1 Å². The van der Waals surface area contributed by atoms with Gasteiger partial charge in [-0.25, -0.2) is 4.79 Å². The van der Waals surface area contributed by atoms with Gasteiger partial charge in [-0.2, -0.15) is 0 Å². The van der Waals surface area contributed by atoms with Crippen LogP contribution < -0.4 is 5.32 Å². The molecule has 0 aliphatic heterocycles. The zero-order chi connectivity index (χ0) is 11.3. The minimum Gasteiger partial charge on any atom is -0.507 e. The van der Waals surface area contributed by atoms with Crippen molar-refractivity contribution in [2.45, 2.75) is 0 Å². The van der Waals surface area contributed by atoms with Gasteiger partial charge in [0.2, 0.25) is 0 Å². The fourth-order valence-corrected chi connectivity index (χ4v) is 1.12. The van der Waals surface area contributed by atoms with Crippen molar-refractivity contribution in [2.24, 2.45) is 0 Å². The standard InChI is InChI=1S/C10H13NO4/c1-15-5-4-11-7-2-3-8(10(13)14)9(12)6-7/h2-3,6,11-12H,4-5H2,1H3,(H,13,14). The Kier molecular flexibility index (Phi) is 3.93. The molecule has 1 aromatic rings. The minimum absolute atomic E-state index is 0.104. The molecule has 0 aliphatic carbocycles. The van der Waals surface area contributed by atoms with E-state index in [4.69, 9.17) is 9.84 Å². The maximum absolute atomic E-state index is 10.6. The van der Waals surface area contributed by atoms with E-state index in [1.165, 1.54) is 12.1 Å². The maximum atomic E-state index is 10.6. The summed E-state index contributed by atoms with van der Waals surface area (Å²) in [6.45, 7) is 1.14. The number of aromatic carboxylic acids is 1. The number of hydrogen-bond donors (Lipinski definition) is 3. The van der Waals surface area contributed by atoms with Crippen LogP contribution in [0.25, 0.3) is 0 Å². The summed E-state index contributed by atoms with van der Waals surface area (Å²) in [6, 6.07) is 4.32. The van der Waals surface area contributed by atoms with Crippen LogP contribution >= 0.6 is 0 Å². The first-order valence-corrected chi connectivity index (χ1v) is 4.44. The van der Waals surface area contributed by atoms with Crippen molar-refractivity contribution in [1.29, 1.82) is 0 Å². The lowest BCUT2D eigenvalue weighted by Crippen LogP contribution is -2.07. The van der Waals surface area contributed by atoms with Crippen LogP contribution in [-0.4, -0.2) is 36.4 Å². The molecule has 0 amide bonds. The first-order chi connectivity index (χ1) is 7.15. The van der Waals surface area contributed by atoms with Crippen LogP contribution in [0.3, 0.4) is 0 Å². The second kappa shape index (κ2) is 5.21. The largest absolute Gasteiger partial charge is 0.507 e. The molecule has 0 spiro atoms. The number of carboxylic acids is 1. The lowest BCUT2D eigenvalue weighted by molar-refractivity contribution is 0.0694. The third kappa shape index (κ3) is 3.14. The average molecular weight is 211 g/mol. The number of aromatic hydroxyl groups is 1. The van der Waals surface area contributed by atoms with E-state index >= 15 is 0 Å². The Bertz CT molecular complexity index is 351. The van der Waals surface area contributed by atoms with Gasteiger partial charge in [-0.3, -0.25) is 0 Å². The van der Waals surface area contributed by atoms with Gasteiger partial charge >= 0.3 is 5.97 Å². The molecule has 0 radical (unpaired) electrons. The molecule has 1 aromatic carbocycles. The summed E-state index contributed by atoms with van der Waals surface area (Å²) in [5.74, 6) is -1.39. The second-order valence-electron chi connectivity index (χ2n) is 2.96. The lowest BCUT2D eigenvalue weighted by Gasteiger charge is -2.07. The Hall–Kier alpha value is -1.75. The average Bonchev–Trinajstić information content (AvgIpc) is 2.17. The van der Waals surface area contributed by atoms with Crippen molar-refractivity contribution < 1.29 is 19.7 Å². The molecule has 0 aromatic heterocycles. The van der Waals surface area contributed by atoms with E-state index in [-0.39, 0.29) is 11.3 Å². The van der Waals surface area contributed by atoms with Crippen molar-refractivity contribution in [3.63, 3.8) is 0 Å². The highest BCUT2D eigenvalue weighted by Gasteiger charge is 2.08. The van der Waals surface area contributed by atoms with Gasteiger partial charge in [0.05, 0.1) is 6.61 Å². The topological polar surface area (TPSA) is 78.8 Å². The van der Waals surface area contributed by atoms with Crippen LogP contribution in [-0.2, 0) is 4.74 Å². The smallest absolute Gasteiger partial charge is 0.339 e. The number of methoxy groups -OCH3 is 1. The van der Waals surface area contributed by atoms with E-state index in [0.29, 0.717) is 18.8 Å². The summed E-state index contributed by atoms with van der Waals surface area (Å²) in [6.07, 6.45) is 0. The van der Waals surface area contributed by atoms with Gasteiger partial charge in [0, 0.05) is 25.4 Å². The minimum atomic E-state index is -1.14. The van der Waals surface area contributed by atoms with E-state index in [2.05, 4.69) is 5.32 Å². The monoisotopic (exact) mass is 211 g/mol. The molecule has 15 heavy (non-hydrogen) atoms. The van der Waals surface area contributed by atoms with E-state index in [0.717, 1.165) is 0 Å². The summed E-state index contributed by atoms with van der Waals surface area (Å²) < 4.78 is 4.84. The molecule has 0 saturated carbocycles. The van der Waals surface area contributed by atoms with Crippen LogP contribution in [0.2, 0.25) is 0 Å². The summed E-state index contributed by atoms with van der Waals surface area (Å²) in [7, 11) is 1.59. The van der Waals surface area contributed by atoms with Gasteiger partial charge in [0.1, 0.15) is 11.3 Å². The van der Waals surface area contributed by atoms with Crippen molar-refractivity contribution in [3.8, 4) is 5.75 Å². The Morgan fingerprint density at radius 3 is 2.80 bits per heavy atom.